The minimum atomic E-state index is -3.02. The number of nitrogens with one attached hydrogen (secondary N) is 1. The molecule has 0 radical (unpaired) electrons. The van der Waals surface area contributed by atoms with E-state index in [1.54, 1.807) is 6.08 Å². The molecule has 3 unspecified atom stereocenters. The van der Waals surface area contributed by atoms with Gasteiger partial charge in [0.15, 0.2) is 9.84 Å². The quantitative estimate of drug-likeness (QED) is 0.894. The lowest BCUT2D eigenvalue weighted by atomic mass is 9.91. The van der Waals surface area contributed by atoms with E-state index in [4.69, 9.17) is 4.74 Å². The van der Waals surface area contributed by atoms with Crippen molar-refractivity contribution < 1.29 is 13.2 Å². The molecule has 1 N–H and O–H groups in total. The summed E-state index contributed by atoms with van der Waals surface area (Å²) in [5.41, 5.74) is 1.11. The number of hydrogen-bond acceptors (Lipinski definition) is 4. The first-order chi connectivity index (χ1) is 9.05. The van der Waals surface area contributed by atoms with Crippen LogP contribution in [0.25, 0.3) is 0 Å². The molecule has 0 aromatic heterocycles. The topological polar surface area (TPSA) is 55.4 Å². The fourth-order valence-electron chi connectivity index (χ4n) is 2.66. The Morgan fingerprint density at radius 3 is 2.84 bits per heavy atom. The van der Waals surface area contributed by atoms with Crippen LogP contribution >= 0.6 is 0 Å². The number of hydrogen-bond donors (Lipinski definition) is 1. The van der Waals surface area contributed by atoms with Gasteiger partial charge in [0.1, 0.15) is 5.75 Å². The predicted molar refractivity (Wildman–Crippen MR) is 73.7 cm³/mol. The zero-order valence-electron chi connectivity index (χ0n) is 10.7. The Labute approximate surface area is 113 Å². The van der Waals surface area contributed by atoms with Gasteiger partial charge in [-0.3, -0.25) is 0 Å². The largest absolute Gasteiger partial charge is 0.493 e. The Bertz CT molecular complexity index is 609. The molecule has 2 aliphatic rings. The summed E-state index contributed by atoms with van der Waals surface area (Å²) < 4.78 is 28.6. The third kappa shape index (κ3) is 2.53. The summed E-state index contributed by atoms with van der Waals surface area (Å²) in [4.78, 5) is 0. The molecule has 1 aromatic rings. The Morgan fingerprint density at radius 1 is 1.32 bits per heavy atom. The van der Waals surface area contributed by atoms with Crippen molar-refractivity contribution >= 4 is 9.84 Å². The summed E-state index contributed by atoms with van der Waals surface area (Å²) >= 11 is 0. The van der Waals surface area contributed by atoms with E-state index >= 15 is 0 Å². The van der Waals surface area contributed by atoms with Gasteiger partial charge in [0.2, 0.25) is 0 Å². The zero-order valence-corrected chi connectivity index (χ0v) is 11.6. The zero-order chi connectivity index (χ0) is 13.5. The molecule has 2 heterocycles. The van der Waals surface area contributed by atoms with Gasteiger partial charge in [0.25, 0.3) is 0 Å². The second kappa shape index (κ2) is 4.65. The average Bonchev–Trinajstić information content (AvgIpc) is 2.72. The first kappa shape index (κ1) is 12.7. The molecule has 0 amide bonds. The molecule has 19 heavy (non-hydrogen) atoms. The number of para-hydroxylation sites is 1. The van der Waals surface area contributed by atoms with Crippen LogP contribution in [0.3, 0.4) is 0 Å². The minimum Gasteiger partial charge on any atom is -0.493 e. The molecular weight excluding hydrogens is 262 g/mol. The Morgan fingerprint density at radius 2 is 2.11 bits per heavy atom. The van der Waals surface area contributed by atoms with Crippen LogP contribution in [0.2, 0.25) is 0 Å². The van der Waals surface area contributed by atoms with Crippen LogP contribution in [0.4, 0.5) is 0 Å². The summed E-state index contributed by atoms with van der Waals surface area (Å²) in [6.07, 6.45) is 1.74. The van der Waals surface area contributed by atoms with Crippen molar-refractivity contribution in [2.45, 2.75) is 19.0 Å². The third-order valence-electron chi connectivity index (χ3n) is 3.65. The van der Waals surface area contributed by atoms with Crippen LogP contribution in [0.5, 0.6) is 5.75 Å². The summed E-state index contributed by atoms with van der Waals surface area (Å²) in [5.74, 6) is 1.36. The summed E-state index contributed by atoms with van der Waals surface area (Å²) in [6, 6.07) is 7.95. The first-order valence-corrected chi connectivity index (χ1v) is 8.15. The van der Waals surface area contributed by atoms with Crippen LogP contribution < -0.4 is 10.1 Å². The van der Waals surface area contributed by atoms with Gasteiger partial charge in [0, 0.05) is 29.0 Å². The minimum absolute atomic E-state index is 0.108. The van der Waals surface area contributed by atoms with Crippen LogP contribution in [0.15, 0.2) is 35.7 Å². The molecular formula is C14H17NO3S. The highest BCUT2D eigenvalue weighted by Gasteiger charge is 2.31. The molecule has 5 heteroatoms. The number of fused-ring (bicyclic) bond motifs is 1. The van der Waals surface area contributed by atoms with Gasteiger partial charge >= 0.3 is 0 Å². The molecule has 0 saturated carbocycles. The Balaban J connectivity index is 1.83. The number of rotatable bonds is 2. The molecule has 0 fully saturated rings. The number of benzene rings is 1. The van der Waals surface area contributed by atoms with E-state index in [1.807, 2.05) is 24.3 Å². The van der Waals surface area contributed by atoms with E-state index in [2.05, 4.69) is 12.2 Å². The SMILES string of the molecule is CC1COc2ccccc2C1NC1C=CS(=O)(=O)C1. The van der Waals surface area contributed by atoms with Gasteiger partial charge < -0.3 is 10.1 Å². The van der Waals surface area contributed by atoms with Gasteiger partial charge in [-0.1, -0.05) is 31.2 Å². The summed E-state index contributed by atoms with van der Waals surface area (Å²) in [6.45, 7) is 2.76. The maximum absolute atomic E-state index is 11.5. The normalized spacial score (nSPS) is 31.7. The first-order valence-electron chi connectivity index (χ1n) is 6.44. The van der Waals surface area contributed by atoms with Crippen molar-refractivity contribution in [3.8, 4) is 5.75 Å². The molecule has 0 saturated heterocycles. The molecule has 2 aliphatic heterocycles. The van der Waals surface area contributed by atoms with Gasteiger partial charge in [-0.05, 0) is 6.07 Å². The van der Waals surface area contributed by atoms with Gasteiger partial charge in [-0.2, -0.15) is 0 Å². The summed E-state index contributed by atoms with van der Waals surface area (Å²) in [7, 11) is -3.02. The van der Waals surface area contributed by atoms with Crippen LogP contribution in [0.1, 0.15) is 18.5 Å². The van der Waals surface area contributed by atoms with E-state index in [0.29, 0.717) is 12.5 Å². The van der Waals surface area contributed by atoms with Crippen molar-refractivity contribution in [1.29, 1.82) is 0 Å². The van der Waals surface area contributed by atoms with Crippen molar-refractivity contribution in [3.05, 3.63) is 41.3 Å². The second-order valence-corrected chi connectivity index (χ2v) is 7.17. The van der Waals surface area contributed by atoms with E-state index in [9.17, 15) is 8.42 Å². The molecule has 3 atom stereocenters. The van der Waals surface area contributed by atoms with Crippen LogP contribution in [-0.2, 0) is 9.84 Å². The van der Waals surface area contributed by atoms with Crippen molar-refractivity contribution in [2.75, 3.05) is 12.4 Å². The highest BCUT2D eigenvalue weighted by Crippen LogP contribution is 2.35. The predicted octanol–water partition coefficient (Wildman–Crippen LogP) is 1.66. The maximum Gasteiger partial charge on any atom is 0.173 e. The van der Waals surface area contributed by atoms with E-state index in [0.717, 1.165) is 11.3 Å². The van der Waals surface area contributed by atoms with Gasteiger partial charge in [0.05, 0.1) is 12.4 Å². The molecule has 0 bridgehead atoms. The lowest BCUT2D eigenvalue weighted by Gasteiger charge is -2.33. The Hall–Kier alpha value is -1.33. The van der Waals surface area contributed by atoms with Crippen molar-refractivity contribution in [2.24, 2.45) is 5.92 Å². The highest BCUT2D eigenvalue weighted by atomic mass is 32.2. The van der Waals surface area contributed by atoms with E-state index in [1.165, 1.54) is 5.41 Å². The highest BCUT2D eigenvalue weighted by molar-refractivity contribution is 7.94. The molecule has 3 rings (SSSR count). The smallest absolute Gasteiger partial charge is 0.173 e. The third-order valence-corrected chi connectivity index (χ3v) is 5.04. The van der Waals surface area contributed by atoms with E-state index < -0.39 is 9.84 Å². The van der Waals surface area contributed by atoms with E-state index in [-0.39, 0.29) is 17.8 Å². The van der Waals surface area contributed by atoms with Gasteiger partial charge in [-0.25, -0.2) is 8.42 Å². The fourth-order valence-corrected chi connectivity index (χ4v) is 3.91. The molecule has 0 aliphatic carbocycles. The average molecular weight is 279 g/mol. The monoisotopic (exact) mass is 279 g/mol. The molecule has 102 valence electrons. The van der Waals surface area contributed by atoms with Crippen LogP contribution in [0, 0.1) is 5.92 Å². The van der Waals surface area contributed by atoms with Gasteiger partial charge in [-0.15, -0.1) is 0 Å². The lowest BCUT2D eigenvalue weighted by Crippen LogP contribution is -2.40. The fraction of sp³-hybridized carbons (Fsp3) is 0.429. The Kier molecular flexibility index (Phi) is 3.11. The second-order valence-electron chi connectivity index (χ2n) is 5.24. The number of sulfone groups is 1. The maximum atomic E-state index is 11.5. The van der Waals surface area contributed by atoms with Crippen molar-refractivity contribution in [1.82, 2.24) is 5.32 Å². The molecule has 4 nitrogen and oxygen atoms in total. The van der Waals surface area contributed by atoms with Crippen LogP contribution in [-0.4, -0.2) is 26.8 Å². The molecule has 1 aromatic carbocycles. The standard InChI is InChI=1S/C14H17NO3S/c1-10-8-18-13-5-3-2-4-12(13)14(10)15-11-6-7-19(16,17)9-11/h2-7,10-11,14-15H,8-9H2,1H3. The summed E-state index contributed by atoms with van der Waals surface area (Å²) in [5, 5.41) is 4.74. The lowest BCUT2D eigenvalue weighted by molar-refractivity contribution is 0.186. The number of ether oxygens (including phenoxy) is 1. The molecule has 0 spiro atoms. The van der Waals surface area contributed by atoms with Crippen molar-refractivity contribution in [3.63, 3.8) is 0 Å².